The van der Waals surface area contributed by atoms with Gasteiger partial charge < -0.3 is 15.3 Å². The number of carbonyl (C=O) groups is 2. The third-order valence-electron chi connectivity index (χ3n) is 4.60. The quantitative estimate of drug-likeness (QED) is 0.897. The highest BCUT2D eigenvalue weighted by atomic mass is 16.4. The molecular formula is C17H22N2O3. The number of carbonyl (C=O) groups excluding carboxylic acids is 1. The van der Waals surface area contributed by atoms with Gasteiger partial charge in [-0.3, -0.25) is 4.79 Å². The van der Waals surface area contributed by atoms with Crippen LogP contribution in [0.25, 0.3) is 0 Å². The third-order valence-corrected chi connectivity index (χ3v) is 4.60. The number of benzene rings is 1. The molecule has 1 aliphatic heterocycles. The van der Waals surface area contributed by atoms with Crippen LogP contribution in [0.4, 0.5) is 4.79 Å². The van der Waals surface area contributed by atoms with Crippen molar-refractivity contribution in [3.63, 3.8) is 0 Å². The molecule has 0 aromatic heterocycles. The van der Waals surface area contributed by atoms with Crippen LogP contribution < -0.4 is 5.32 Å². The van der Waals surface area contributed by atoms with Crippen LogP contribution in [-0.4, -0.2) is 41.1 Å². The highest BCUT2D eigenvalue weighted by Crippen LogP contribution is 2.40. The van der Waals surface area contributed by atoms with Crippen LogP contribution >= 0.6 is 0 Å². The van der Waals surface area contributed by atoms with Gasteiger partial charge in [-0.15, -0.1) is 0 Å². The fourth-order valence-corrected chi connectivity index (χ4v) is 3.34. The largest absolute Gasteiger partial charge is 0.481 e. The maximum absolute atomic E-state index is 12.3. The van der Waals surface area contributed by atoms with E-state index < -0.39 is 5.97 Å². The molecule has 2 fully saturated rings. The Hall–Kier alpha value is -2.04. The number of nitrogens with zero attached hydrogens (tertiary/aromatic N) is 1. The second-order valence-corrected chi connectivity index (χ2v) is 6.36. The van der Waals surface area contributed by atoms with Gasteiger partial charge in [-0.25, -0.2) is 4.79 Å². The summed E-state index contributed by atoms with van der Waals surface area (Å²) in [6.07, 6.45) is 2.92. The summed E-state index contributed by atoms with van der Waals surface area (Å²) in [6.45, 7) is 1.28. The molecule has 1 heterocycles. The lowest BCUT2D eigenvalue weighted by molar-refractivity contribution is -0.138. The van der Waals surface area contributed by atoms with Crippen molar-refractivity contribution in [1.29, 1.82) is 0 Å². The summed E-state index contributed by atoms with van der Waals surface area (Å²) in [6, 6.07) is 10.4. The number of carboxylic acids is 1. The Balaban J connectivity index is 1.49. The van der Waals surface area contributed by atoms with Gasteiger partial charge in [0, 0.05) is 31.5 Å². The average molecular weight is 302 g/mol. The first-order valence-electron chi connectivity index (χ1n) is 7.95. The first kappa shape index (κ1) is 14.9. The van der Waals surface area contributed by atoms with E-state index in [1.54, 1.807) is 4.90 Å². The van der Waals surface area contributed by atoms with Crippen LogP contribution in [0.3, 0.4) is 0 Å². The molecule has 1 aliphatic carbocycles. The van der Waals surface area contributed by atoms with Gasteiger partial charge in [-0.2, -0.15) is 0 Å². The second-order valence-electron chi connectivity index (χ2n) is 6.36. The Morgan fingerprint density at radius 2 is 2.05 bits per heavy atom. The maximum Gasteiger partial charge on any atom is 0.317 e. The molecule has 0 bridgehead atoms. The molecule has 1 saturated heterocycles. The van der Waals surface area contributed by atoms with Gasteiger partial charge in [-0.1, -0.05) is 30.3 Å². The van der Waals surface area contributed by atoms with Gasteiger partial charge in [0.05, 0.1) is 0 Å². The Labute approximate surface area is 130 Å². The maximum atomic E-state index is 12.3. The minimum absolute atomic E-state index is 0.0430. The van der Waals surface area contributed by atoms with Gasteiger partial charge in [-0.05, 0) is 30.7 Å². The van der Waals surface area contributed by atoms with Crippen molar-refractivity contribution < 1.29 is 14.7 Å². The Morgan fingerprint density at radius 1 is 1.27 bits per heavy atom. The molecule has 5 heteroatoms. The second kappa shape index (κ2) is 6.38. The summed E-state index contributed by atoms with van der Waals surface area (Å²) in [4.78, 5) is 24.9. The number of rotatable bonds is 4. The Kier molecular flexibility index (Phi) is 4.32. The zero-order chi connectivity index (χ0) is 15.5. The van der Waals surface area contributed by atoms with Crippen molar-refractivity contribution >= 4 is 12.0 Å². The number of hydrogen-bond acceptors (Lipinski definition) is 2. The molecule has 2 amide bonds. The number of piperidine rings is 1. The van der Waals surface area contributed by atoms with E-state index in [2.05, 4.69) is 17.4 Å². The monoisotopic (exact) mass is 302 g/mol. The number of carboxylic acid groups (broad SMARTS) is 1. The number of aliphatic carboxylic acids is 1. The Morgan fingerprint density at radius 3 is 2.77 bits per heavy atom. The summed E-state index contributed by atoms with van der Waals surface area (Å²) in [5.41, 5.74) is 1.27. The zero-order valence-corrected chi connectivity index (χ0v) is 12.6. The molecule has 1 aromatic carbocycles. The normalized spacial score (nSPS) is 27.3. The first-order chi connectivity index (χ1) is 10.6. The molecular weight excluding hydrogens is 280 g/mol. The van der Waals surface area contributed by atoms with Crippen LogP contribution in [0.15, 0.2) is 30.3 Å². The van der Waals surface area contributed by atoms with E-state index in [1.807, 2.05) is 18.2 Å². The summed E-state index contributed by atoms with van der Waals surface area (Å²) < 4.78 is 0. The lowest BCUT2D eigenvalue weighted by Crippen LogP contribution is -2.46. The van der Waals surface area contributed by atoms with E-state index in [0.29, 0.717) is 12.5 Å². The molecule has 118 valence electrons. The molecule has 3 rings (SSSR count). The fraction of sp³-hybridized carbons (Fsp3) is 0.529. The molecule has 1 aromatic rings. The number of nitrogens with one attached hydrogen (secondary N) is 1. The summed E-state index contributed by atoms with van der Waals surface area (Å²) in [5, 5.41) is 12.0. The minimum atomic E-state index is -0.779. The van der Waals surface area contributed by atoms with Crippen molar-refractivity contribution in [1.82, 2.24) is 10.2 Å². The van der Waals surface area contributed by atoms with E-state index in [0.717, 1.165) is 25.8 Å². The van der Waals surface area contributed by atoms with Crippen LogP contribution in [0.5, 0.6) is 0 Å². The molecule has 2 aliphatic rings. The SMILES string of the molecule is O=C(O)CC1CCCN(C(=O)NC2CC2c2ccccc2)C1. The van der Waals surface area contributed by atoms with E-state index in [1.165, 1.54) is 5.56 Å². The topological polar surface area (TPSA) is 69.6 Å². The van der Waals surface area contributed by atoms with E-state index in [4.69, 9.17) is 5.11 Å². The molecule has 0 spiro atoms. The van der Waals surface area contributed by atoms with Crippen molar-refractivity contribution in [2.45, 2.75) is 37.6 Å². The zero-order valence-electron chi connectivity index (χ0n) is 12.6. The summed E-state index contributed by atoms with van der Waals surface area (Å²) in [7, 11) is 0. The van der Waals surface area contributed by atoms with Gasteiger partial charge in [0.2, 0.25) is 0 Å². The molecule has 3 unspecified atom stereocenters. The van der Waals surface area contributed by atoms with Crippen LogP contribution in [0.1, 0.15) is 37.2 Å². The van der Waals surface area contributed by atoms with Crippen LogP contribution in [0.2, 0.25) is 0 Å². The summed E-state index contributed by atoms with van der Waals surface area (Å²) >= 11 is 0. The van der Waals surface area contributed by atoms with Crippen molar-refractivity contribution in [3.8, 4) is 0 Å². The highest BCUT2D eigenvalue weighted by Gasteiger charge is 2.40. The average Bonchev–Trinajstić information content (AvgIpc) is 3.27. The molecule has 22 heavy (non-hydrogen) atoms. The number of hydrogen-bond donors (Lipinski definition) is 2. The number of urea groups is 1. The molecule has 3 atom stereocenters. The molecule has 2 N–H and O–H groups in total. The minimum Gasteiger partial charge on any atom is -0.481 e. The molecule has 0 radical (unpaired) electrons. The van der Waals surface area contributed by atoms with Gasteiger partial charge in [0.15, 0.2) is 0 Å². The predicted octanol–water partition coefficient (Wildman–Crippen LogP) is 2.44. The third kappa shape index (κ3) is 3.59. The van der Waals surface area contributed by atoms with E-state index in [9.17, 15) is 9.59 Å². The van der Waals surface area contributed by atoms with E-state index >= 15 is 0 Å². The van der Waals surface area contributed by atoms with Crippen molar-refractivity contribution in [2.75, 3.05) is 13.1 Å². The molecule has 5 nitrogen and oxygen atoms in total. The predicted molar refractivity (Wildman–Crippen MR) is 82.7 cm³/mol. The van der Waals surface area contributed by atoms with Gasteiger partial charge >= 0.3 is 12.0 Å². The van der Waals surface area contributed by atoms with Crippen molar-refractivity contribution in [3.05, 3.63) is 35.9 Å². The smallest absolute Gasteiger partial charge is 0.317 e. The first-order valence-corrected chi connectivity index (χ1v) is 7.95. The van der Waals surface area contributed by atoms with E-state index in [-0.39, 0.29) is 24.4 Å². The van der Waals surface area contributed by atoms with Crippen molar-refractivity contribution in [2.24, 2.45) is 5.92 Å². The Bertz CT molecular complexity index is 546. The highest BCUT2D eigenvalue weighted by molar-refractivity contribution is 5.75. The summed E-state index contributed by atoms with van der Waals surface area (Å²) in [5.74, 6) is -0.274. The number of amides is 2. The standard InChI is InChI=1S/C17H22N2O3/c20-16(21)9-12-5-4-8-19(11-12)17(22)18-15-10-14(15)13-6-2-1-3-7-13/h1-3,6-7,12,14-15H,4-5,8-11H2,(H,18,22)(H,20,21). The lowest BCUT2D eigenvalue weighted by atomic mass is 9.95. The van der Waals surface area contributed by atoms with Gasteiger partial charge in [0.25, 0.3) is 0 Å². The fourth-order valence-electron chi connectivity index (χ4n) is 3.34. The number of likely N-dealkylation sites (tertiary alicyclic amines) is 1. The van der Waals surface area contributed by atoms with Crippen LogP contribution in [0, 0.1) is 5.92 Å². The van der Waals surface area contributed by atoms with Gasteiger partial charge in [0.1, 0.15) is 0 Å². The van der Waals surface area contributed by atoms with Crippen LogP contribution in [-0.2, 0) is 4.79 Å². The molecule has 1 saturated carbocycles. The lowest BCUT2D eigenvalue weighted by Gasteiger charge is -2.32.